The number of anilines is 2. The lowest BCUT2D eigenvalue weighted by molar-refractivity contribution is 0.0240. The number of hydrogen-bond donors (Lipinski definition) is 1. The number of rotatable bonds is 3. The van der Waals surface area contributed by atoms with E-state index in [1.807, 2.05) is 37.4 Å². The van der Waals surface area contributed by atoms with Crippen molar-refractivity contribution in [2.45, 2.75) is 59.6 Å². The molecule has 1 N–H and O–H groups in total. The van der Waals surface area contributed by atoms with E-state index in [4.69, 9.17) is 14.8 Å². The highest BCUT2D eigenvalue weighted by Gasteiger charge is 2.29. The number of benzene rings is 1. The summed E-state index contributed by atoms with van der Waals surface area (Å²) in [4.78, 5) is 22.2. The van der Waals surface area contributed by atoms with Gasteiger partial charge in [-0.05, 0) is 54.0 Å². The maximum absolute atomic E-state index is 12.4. The minimum Gasteiger partial charge on any atom is -0.444 e. The van der Waals surface area contributed by atoms with Crippen LogP contribution in [0.4, 0.5) is 15.7 Å². The SMILES string of the molecule is Cc1ccccc1-c1nc2sc(N3CCN(C(=O)OC(C)(C)C)CC3)nn2c1NC(C)(C)C. The Morgan fingerprint density at radius 3 is 2.33 bits per heavy atom. The fourth-order valence-electron chi connectivity index (χ4n) is 3.77. The zero-order valence-electron chi connectivity index (χ0n) is 20.6. The van der Waals surface area contributed by atoms with E-state index in [2.05, 4.69) is 50.0 Å². The fraction of sp³-hybridized carbons (Fsp3) is 0.542. The van der Waals surface area contributed by atoms with Crippen LogP contribution in [0.25, 0.3) is 16.2 Å². The average Bonchev–Trinajstić information content (AvgIpc) is 3.26. The molecule has 1 aliphatic heterocycles. The van der Waals surface area contributed by atoms with Crippen LogP contribution in [0.2, 0.25) is 0 Å². The van der Waals surface area contributed by atoms with Gasteiger partial charge < -0.3 is 19.9 Å². The lowest BCUT2D eigenvalue weighted by atomic mass is 10.0. The molecule has 1 aliphatic rings. The van der Waals surface area contributed by atoms with E-state index in [0.717, 1.165) is 27.2 Å². The molecule has 0 bridgehead atoms. The predicted octanol–water partition coefficient (Wildman–Crippen LogP) is 5.03. The number of carbonyl (C=O) groups excluding carboxylic acids is 1. The fourth-order valence-corrected chi connectivity index (χ4v) is 4.72. The highest BCUT2D eigenvalue weighted by molar-refractivity contribution is 7.20. The molecule has 1 saturated heterocycles. The molecule has 0 saturated carbocycles. The number of imidazole rings is 1. The van der Waals surface area contributed by atoms with Gasteiger partial charge in [0, 0.05) is 37.3 Å². The second-order valence-corrected chi connectivity index (χ2v) is 11.5. The summed E-state index contributed by atoms with van der Waals surface area (Å²) in [5.74, 6) is 0.904. The van der Waals surface area contributed by atoms with Gasteiger partial charge in [-0.2, -0.15) is 4.52 Å². The summed E-state index contributed by atoms with van der Waals surface area (Å²) in [6.07, 6.45) is -0.254. The summed E-state index contributed by atoms with van der Waals surface area (Å²) in [5, 5.41) is 9.45. The summed E-state index contributed by atoms with van der Waals surface area (Å²) in [6, 6.07) is 8.29. The van der Waals surface area contributed by atoms with Crippen molar-refractivity contribution in [3.63, 3.8) is 0 Å². The van der Waals surface area contributed by atoms with Gasteiger partial charge in [-0.3, -0.25) is 0 Å². The topological polar surface area (TPSA) is 75.0 Å². The molecule has 33 heavy (non-hydrogen) atoms. The number of ether oxygens (including phenoxy) is 1. The number of amides is 1. The molecule has 0 aliphatic carbocycles. The first kappa shape index (κ1) is 23.4. The molecular weight excluding hydrogens is 436 g/mol. The molecule has 9 heteroatoms. The average molecular weight is 471 g/mol. The summed E-state index contributed by atoms with van der Waals surface area (Å²) in [7, 11) is 0. The monoisotopic (exact) mass is 470 g/mol. The number of aryl methyl sites for hydroxylation is 1. The van der Waals surface area contributed by atoms with Gasteiger partial charge in [-0.25, -0.2) is 9.78 Å². The van der Waals surface area contributed by atoms with E-state index in [0.29, 0.717) is 26.2 Å². The number of aromatic nitrogens is 3. The minimum absolute atomic E-state index is 0.143. The third-order valence-electron chi connectivity index (χ3n) is 5.29. The van der Waals surface area contributed by atoms with Gasteiger partial charge in [-0.1, -0.05) is 35.6 Å². The zero-order valence-corrected chi connectivity index (χ0v) is 21.4. The molecule has 3 heterocycles. The molecule has 0 radical (unpaired) electrons. The standard InChI is InChI=1S/C24H34N6O2S/c1-16-10-8-9-11-17(16)18-19(26-23(2,3)4)30-20(25-18)33-21(27-30)28-12-14-29(15-13-28)22(31)32-24(5,6)7/h8-11,26H,12-15H2,1-7H3. The van der Waals surface area contributed by atoms with Gasteiger partial charge in [0.15, 0.2) is 5.82 Å². The highest BCUT2D eigenvalue weighted by Crippen LogP contribution is 2.36. The van der Waals surface area contributed by atoms with E-state index in [-0.39, 0.29) is 11.6 Å². The lowest BCUT2D eigenvalue weighted by Crippen LogP contribution is -2.50. The van der Waals surface area contributed by atoms with Gasteiger partial charge in [0.05, 0.1) is 0 Å². The van der Waals surface area contributed by atoms with Crippen LogP contribution < -0.4 is 10.2 Å². The molecule has 0 unspecified atom stereocenters. The van der Waals surface area contributed by atoms with E-state index >= 15 is 0 Å². The van der Waals surface area contributed by atoms with Gasteiger partial charge in [0.1, 0.15) is 11.3 Å². The number of carbonyl (C=O) groups is 1. The zero-order chi connectivity index (χ0) is 24.0. The van der Waals surface area contributed by atoms with Crippen molar-refractivity contribution in [1.29, 1.82) is 0 Å². The Balaban J connectivity index is 1.59. The number of piperazine rings is 1. The second kappa shape index (κ2) is 8.52. The van der Waals surface area contributed by atoms with Crippen molar-refractivity contribution in [2.75, 3.05) is 36.4 Å². The van der Waals surface area contributed by atoms with Gasteiger partial charge in [0.25, 0.3) is 0 Å². The number of fused-ring (bicyclic) bond motifs is 1. The maximum Gasteiger partial charge on any atom is 0.410 e. The van der Waals surface area contributed by atoms with Gasteiger partial charge in [0.2, 0.25) is 10.1 Å². The molecule has 1 aromatic carbocycles. The van der Waals surface area contributed by atoms with Crippen LogP contribution >= 0.6 is 11.3 Å². The Bertz CT molecular complexity index is 1150. The Morgan fingerprint density at radius 1 is 1.06 bits per heavy atom. The van der Waals surface area contributed by atoms with Crippen molar-refractivity contribution in [2.24, 2.45) is 0 Å². The first-order valence-electron chi connectivity index (χ1n) is 11.4. The maximum atomic E-state index is 12.4. The Hall–Kier alpha value is -2.81. The van der Waals surface area contributed by atoms with E-state index in [1.165, 1.54) is 5.56 Å². The number of nitrogens with zero attached hydrogens (tertiary/aromatic N) is 5. The Kier molecular flexibility index (Phi) is 6.03. The van der Waals surface area contributed by atoms with Crippen molar-refractivity contribution in [1.82, 2.24) is 19.5 Å². The van der Waals surface area contributed by atoms with Crippen LogP contribution in [-0.2, 0) is 4.74 Å². The van der Waals surface area contributed by atoms with Gasteiger partial charge >= 0.3 is 6.09 Å². The molecule has 2 aromatic heterocycles. The Morgan fingerprint density at radius 2 is 1.73 bits per heavy atom. The van der Waals surface area contributed by atoms with Crippen LogP contribution in [0.5, 0.6) is 0 Å². The molecule has 4 rings (SSSR count). The molecule has 0 spiro atoms. The number of hydrogen-bond acceptors (Lipinski definition) is 7. The van der Waals surface area contributed by atoms with E-state index in [9.17, 15) is 4.79 Å². The lowest BCUT2D eigenvalue weighted by Gasteiger charge is -2.35. The molecule has 8 nitrogen and oxygen atoms in total. The van der Waals surface area contributed by atoms with Crippen molar-refractivity contribution >= 4 is 33.3 Å². The summed E-state index contributed by atoms with van der Waals surface area (Å²) >= 11 is 1.58. The van der Waals surface area contributed by atoms with Crippen LogP contribution in [-0.4, -0.2) is 62.9 Å². The molecular formula is C24H34N6O2S. The quantitative estimate of drug-likeness (QED) is 0.578. The molecule has 1 fully saturated rings. The van der Waals surface area contributed by atoms with Crippen molar-refractivity contribution in [3.8, 4) is 11.3 Å². The molecule has 3 aromatic rings. The molecule has 1 amide bonds. The van der Waals surface area contributed by atoms with E-state index in [1.54, 1.807) is 16.2 Å². The Labute approximate surface area is 199 Å². The van der Waals surface area contributed by atoms with Crippen molar-refractivity contribution < 1.29 is 9.53 Å². The summed E-state index contributed by atoms with van der Waals surface area (Å²) in [5.41, 5.74) is 2.58. The third kappa shape index (κ3) is 5.24. The van der Waals surface area contributed by atoms with Crippen LogP contribution in [0, 0.1) is 6.92 Å². The first-order chi connectivity index (χ1) is 15.4. The smallest absolute Gasteiger partial charge is 0.410 e. The van der Waals surface area contributed by atoms with E-state index < -0.39 is 5.60 Å². The molecule has 0 atom stereocenters. The third-order valence-corrected chi connectivity index (χ3v) is 6.26. The van der Waals surface area contributed by atoms with Crippen LogP contribution in [0.3, 0.4) is 0 Å². The van der Waals surface area contributed by atoms with Gasteiger partial charge in [-0.15, -0.1) is 5.10 Å². The van der Waals surface area contributed by atoms with Crippen LogP contribution in [0.1, 0.15) is 47.1 Å². The predicted molar refractivity (Wildman–Crippen MR) is 134 cm³/mol. The number of nitrogens with one attached hydrogen (secondary N) is 1. The largest absolute Gasteiger partial charge is 0.444 e. The highest BCUT2D eigenvalue weighted by atomic mass is 32.1. The summed E-state index contributed by atoms with van der Waals surface area (Å²) < 4.78 is 7.44. The normalized spacial score (nSPS) is 15.2. The van der Waals surface area contributed by atoms with Crippen LogP contribution in [0.15, 0.2) is 24.3 Å². The second-order valence-electron chi connectivity index (χ2n) is 10.5. The summed E-state index contributed by atoms with van der Waals surface area (Å²) in [6.45, 7) is 16.8. The minimum atomic E-state index is -0.486. The van der Waals surface area contributed by atoms with Crippen molar-refractivity contribution in [3.05, 3.63) is 29.8 Å². The molecule has 178 valence electrons. The first-order valence-corrected chi connectivity index (χ1v) is 12.2.